The first-order chi connectivity index (χ1) is 15.7. The van der Waals surface area contributed by atoms with Gasteiger partial charge in [0.25, 0.3) is 0 Å². The first-order valence-electron chi connectivity index (χ1n) is 10.9. The van der Waals surface area contributed by atoms with Crippen molar-refractivity contribution >= 4 is 46.5 Å². The highest BCUT2D eigenvalue weighted by atomic mass is 35.5. The maximum Gasteiger partial charge on any atom is 0.172 e. The van der Waals surface area contributed by atoms with Gasteiger partial charge in [-0.2, -0.15) is 5.26 Å². The Kier molecular flexibility index (Phi) is 6.37. The molecule has 32 heavy (non-hydrogen) atoms. The van der Waals surface area contributed by atoms with Gasteiger partial charge >= 0.3 is 0 Å². The third kappa shape index (κ3) is 4.01. The Hall–Kier alpha value is -2.13. The summed E-state index contributed by atoms with van der Waals surface area (Å²) in [6, 6.07) is 16.1. The lowest BCUT2D eigenvalue weighted by Gasteiger charge is -2.37. The molecule has 3 heterocycles. The number of carbonyl (C=O) groups is 1. The topological polar surface area (TPSA) is 44.1 Å². The third-order valence-corrected chi connectivity index (χ3v) is 8.86. The van der Waals surface area contributed by atoms with Crippen LogP contribution in [0, 0.1) is 17.2 Å². The van der Waals surface area contributed by atoms with Gasteiger partial charge in [-0.1, -0.05) is 29.8 Å². The minimum absolute atomic E-state index is 0.166. The molecule has 2 aromatic carbocycles. The number of halogens is 1. The molecule has 1 fully saturated rings. The Morgan fingerprint density at radius 1 is 1.06 bits per heavy atom. The van der Waals surface area contributed by atoms with E-state index in [2.05, 4.69) is 17.0 Å². The number of nitriles is 1. The van der Waals surface area contributed by atoms with Gasteiger partial charge in [0.05, 0.1) is 17.7 Å². The Balaban J connectivity index is 1.69. The fourth-order valence-electron chi connectivity index (χ4n) is 4.85. The minimum atomic E-state index is -0.255. The van der Waals surface area contributed by atoms with Crippen molar-refractivity contribution in [1.29, 1.82) is 5.26 Å². The van der Waals surface area contributed by atoms with E-state index in [1.807, 2.05) is 36.4 Å². The van der Waals surface area contributed by atoms with E-state index in [0.29, 0.717) is 10.8 Å². The maximum atomic E-state index is 13.7. The Bertz CT molecular complexity index is 1170. The quantitative estimate of drug-likeness (QED) is 0.459. The van der Waals surface area contributed by atoms with E-state index in [0.717, 1.165) is 69.4 Å². The van der Waals surface area contributed by atoms with E-state index in [-0.39, 0.29) is 11.7 Å². The molecule has 6 heteroatoms. The lowest BCUT2D eigenvalue weighted by Crippen LogP contribution is -2.33. The summed E-state index contributed by atoms with van der Waals surface area (Å²) in [4.78, 5) is 18.3. The first-order valence-corrected chi connectivity index (χ1v) is 13.3. The molecule has 0 bridgehead atoms. The van der Waals surface area contributed by atoms with Gasteiger partial charge in [0.1, 0.15) is 0 Å². The van der Waals surface area contributed by atoms with E-state index in [4.69, 9.17) is 11.6 Å². The summed E-state index contributed by atoms with van der Waals surface area (Å²) in [7, 11) is 0. The molecule has 3 aliphatic rings. The maximum absolute atomic E-state index is 13.7. The van der Waals surface area contributed by atoms with E-state index in [1.54, 1.807) is 29.6 Å². The van der Waals surface area contributed by atoms with Crippen LogP contribution in [0.1, 0.15) is 35.2 Å². The number of nitrogens with zero attached hydrogens (tertiary/aromatic N) is 2. The highest BCUT2D eigenvalue weighted by molar-refractivity contribution is 8.00. The highest BCUT2D eigenvalue weighted by Crippen LogP contribution is 2.48. The molecule has 0 saturated carbocycles. The molecule has 1 saturated heterocycles. The zero-order chi connectivity index (χ0) is 22.1. The second kappa shape index (κ2) is 9.39. The van der Waals surface area contributed by atoms with Crippen molar-refractivity contribution in [1.82, 2.24) is 4.90 Å². The Morgan fingerprint density at radius 3 is 2.66 bits per heavy atom. The fourth-order valence-corrected chi connectivity index (χ4v) is 7.28. The number of hydrogen-bond acceptors (Lipinski definition) is 5. The van der Waals surface area contributed by atoms with Crippen LogP contribution in [0.15, 0.2) is 69.6 Å². The van der Waals surface area contributed by atoms with Crippen LogP contribution in [-0.2, 0) is 0 Å². The molecule has 0 radical (unpaired) electrons. The number of benzene rings is 2. The molecule has 0 aliphatic carbocycles. The summed E-state index contributed by atoms with van der Waals surface area (Å²) in [5.74, 6) is 1.37. The van der Waals surface area contributed by atoms with Crippen molar-refractivity contribution in [3.05, 3.63) is 76.0 Å². The van der Waals surface area contributed by atoms with Crippen LogP contribution in [0.4, 0.5) is 0 Å². The summed E-state index contributed by atoms with van der Waals surface area (Å²) in [6.45, 7) is 1.90. The van der Waals surface area contributed by atoms with Crippen molar-refractivity contribution in [2.45, 2.75) is 29.1 Å². The number of allylic oxidation sites excluding steroid dienone is 3. The van der Waals surface area contributed by atoms with Crippen LogP contribution >= 0.6 is 35.1 Å². The lowest BCUT2D eigenvalue weighted by molar-refractivity contribution is 0.0954. The Morgan fingerprint density at radius 2 is 1.84 bits per heavy atom. The van der Waals surface area contributed by atoms with E-state index in [1.165, 1.54) is 6.42 Å². The number of rotatable bonds is 3. The number of piperidine rings is 1. The first kappa shape index (κ1) is 21.7. The zero-order valence-electron chi connectivity index (χ0n) is 17.6. The van der Waals surface area contributed by atoms with Gasteiger partial charge in [0, 0.05) is 51.0 Å². The van der Waals surface area contributed by atoms with Crippen LogP contribution < -0.4 is 0 Å². The Labute approximate surface area is 202 Å². The largest absolute Gasteiger partial charge is 0.371 e. The molecule has 0 aromatic heterocycles. The average molecular weight is 479 g/mol. The van der Waals surface area contributed by atoms with Crippen molar-refractivity contribution in [3.63, 3.8) is 0 Å². The van der Waals surface area contributed by atoms with Crippen LogP contribution in [0.5, 0.6) is 0 Å². The molecule has 0 amide bonds. The van der Waals surface area contributed by atoms with Crippen LogP contribution in [0.3, 0.4) is 0 Å². The van der Waals surface area contributed by atoms with Crippen molar-refractivity contribution in [2.24, 2.45) is 5.92 Å². The van der Waals surface area contributed by atoms with Gasteiger partial charge in [0.15, 0.2) is 5.78 Å². The summed E-state index contributed by atoms with van der Waals surface area (Å²) in [5, 5.41) is 10.3. The number of carbonyl (C=O) groups excluding carboxylic acids is 1. The van der Waals surface area contributed by atoms with Gasteiger partial charge in [0.2, 0.25) is 0 Å². The molecule has 0 N–H and O–H groups in total. The molecule has 0 unspecified atom stereocenters. The zero-order valence-corrected chi connectivity index (χ0v) is 20.0. The lowest BCUT2D eigenvalue weighted by atomic mass is 9.83. The van der Waals surface area contributed by atoms with Gasteiger partial charge in [-0.15, -0.1) is 23.5 Å². The van der Waals surface area contributed by atoms with Crippen molar-refractivity contribution < 1.29 is 4.79 Å². The summed E-state index contributed by atoms with van der Waals surface area (Å²) >= 11 is 9.95. The van der Waals surface area contributed by atoms with Crippen LogP contribution in [-0.4, -0.2) is 35.3 Å². The molecule has 3 nitrogen and oxygen atoms in total. The molecular weight excluding hydrogens is 456 g/mol. The van der Waals surface area contributed by atoms with Crippen molar-refractivity contribution in [2.75, 3.05) is 24.6 Å². The molecule has 3 aliphatic heterocycles. The minimum Gasteiger partial charge on any atom is -0.371 e. The van der Waals surface area contributed by atoms with Gasteiger partial charge < -0.3 is 4.90 Å². The van der Waals surface area contributed by atoms with Crippen LogP contribution in [0.25, 0.3) is 5.57 Å². The van der Waals surface area contributed by atoms with Crippen LogP contribution in [0.2, 0.25) is 5.02 Å². The molecule has 1 atom stereocenters. The number of thioether (sulfide) groups is 2. The van der Waals surface area contributed by atoms with Gasteiger partial charge in [-0.25, -0.2) is 0 Å². The predicted octanol–water partition coefficient (Wildman–Crippen LogP) is 6.70. The van der Waals surface area contributed by atoms with E-state index >= 15 is 0 Å². The van der Waals surface area contributed by atoms with Gasteiger partial charge in [-0.05, 0) is 60.2 Å². The SMILES string of the molecule is N#C/C=C(\C1=C([C@H]2CSc3ccccc3C2=O)c2cc(Cl)ccc2SC1)N1CCCCC1. The average Bonchev–Trinajstić information content (AvgIpc) is 2.83. The molecule has 0 spiro atoms. The van der Waals surface area contributed by atoms with E-state index in [9.17, 15) is 10.1 Å². The second-order valence-corrected chi connectivity index (χ2v) is 10.8. The molecular formula is C26H23ClN2OS2. The highest BCUT2D eigenvalue weighted by Gasteiger charge is 2.36. The van der Waals surface area contributed by atoms with Gasteiger partial charge in [-0.3, -0.25) is 4.79 Å². The normalized spacial score (nSPS) is 21.1. The summed E-state index contributed by atoms with van der Waals surface area (Å²) in [5.41, 5.74) is 5.00. The number of hydrogen-bond donors (Lipinski definition) is 0. The smallest absolute Gasteiger partial charge is 0.172 e. The fraction of sp³-hybridized carbons (Fsp3) is 0.308. The molecule has 5 rings (SSSR count). The number of ketones is 1. The standard InChI is InChI=1S/C26H23ClN2OS2/c27-17-8-9-24-19(14-17)25(21-16-32-23-7-3-2-6-18(23)26(21)30)20(15-31-24)22(10-11-28)29-12-4-1-5-13-29/h2-3,6-10,14,21H,1,4-5,12-13,15-16H2/b22-10+/t21-/m1/s1. The summed E-state index contributed by atoms with van der Waals surface area (Å²) in [6.07, 6.45) is 5.17. The predicted molar refractivity (Wildman–Crippen MR) is 133 cm³/mol. The van der Waals surface area contributed by atoms with Crippen molar-refractivity contribution in [3.8, 4) is 6.07 Å². The monoisotopic (exact) mass is 478 g/mol. The third-order valence-electron chi connectivity index (χ3n) is 6.36. The second-order valence-electron chi connectivity index (χ2n) is 8.25. The number of likely N-dealkylation sites (tertiary alicyclic amines) is 1. The molecule has 2 aromatic rings. The number of fused-ring (bicyclic) bond motifs is 2. The number of Topliss-reactive ketones (excluding diaryl/α,β-unsaturated/α-hetero) is 1. The van der Waals surface area contributed by atoms with E-state index < -0.39 is 0 Å². The summed E-state index contributed by atoms with van der Waals surface area (Å²) < 4.78 is 0. The molecule has 162 valence electrons.